The summed E-state index contributed by atoms with van der Waals surface area (Å²) in [6.45, 7) is 0. The van der Waals surface area contributed by atoms with Crippen molar-refractivity contribution in [1.29, 1.82) is 0 Å². The van der Waals surface area contributed by atoms with Crippen molar-refractivity contribution in [3.63, 3.8) is 0 Å². The lowest BCUT2D eigenvalue weighted by Crippen LogP contribution is -2.33. The Morgan fingerprint density at radius 3 is 2.59 bits per heavy atom. The number of aromatic amines is 1. The zero-order valence-electron chi connectivity index (χ0n) is 19.9. The number of nitrogens with zero attached hydrogens (tertiary/aromatic N) is 2. The standard InChI is InChI=1S/C28H24F2N4O3/c1-37-23-5-2-21(3-6-23)34-9-8-31-28(34)26(12-17-10-19(29)14-20(30)11-17)33-27(36)13-18-16-32-25-7-4-22(35)15-24(18)25/h2-11,14-16,26,32,35H,12-13H2,1H3,(H,33,36)/t26-/m0/s1. The van der Waals surface area contributed by atoms with Crippen LogP contribution in [0.5, 0.6) is 11.5 Å². The fourth-order valence-corrected chi connectivity index (χ4v) is 4.44. The second-order valence-electron chi connectivity index (χ2n) is 8.68. The van der Waals surface area contributed by atoms with Crippen LogP contribution >= 0.6 is 0 Å². The number of carbonyl (C=O) groups is 1. The molecule has 3 N–H and O–H groups in total. The molecule has 0 unspecified atom stereocenters. The predicted octanol–water partition coefficient (Wildman–Crippen LogP) is 4.99. The molecule has 0 saturated carbocycles. The highest BCUT2D eigenvalue weighted by molar-refractivity contribution is 5.89. The van der Waals surface area contributed by atoms with Crippen LogP contribution in [-0.2, 0) is 17.6 Å². The number of hydrogen-bond donors (Lipinski definition) is 3. The summed E-state index contributed by atoms with van der Waals surface area (Å²) in [4.78, 5) is 20.8. The first-order chi connectivity index (χ1) is 17.9. The van der Waals surface area contributed by atoms with Gasteiger partial charge >= 0.3 is 0 Å². The van der Waals surface area contributed by atoms with Crippen molar-refractivity contribution in [3.8, 4) is 17.2 Å². The summed E-state index contributed by atoms with van der Waals surface area (Å²) in [5.74, 6) is -0.416. The van der Waals surface area contributed by atoms with E-state index in [1.165, 1.54) is 12.1 Å². The molecular weight excluding hydrogens is 478 g/mol. The van der Waals surface area contributed by atoms with Crippen LogP contribution < -0.4 is 10.1 Å². The molecule has 1 atom stereocenters. The summed E-state index contributed by atoms with van der Waals surface area (Å²) < 4.78 is 34.9. The molecule has 0 aliphatic heterocycles. The van der Waals surface area contributed by atoms with Gasteiger partial charge in [0.05, 0.1) is 19.6 Å². The highest BCUT2D eigenvalue weighted by atomic mass is 19.1. The van der Waals surface area contributed by atoms with Crippen LogP contribution in [0, 0.1) is 11.6 Å². The average molecular weight is 503 g/mol. The normalized spacial score (nSPS) is 12.0. The van der Waals surface area contributed by atoms with Gasteiger partial charge in [-0.3, -0.25) is 4.79 Å². The monoisotopic (exact) mass is 502 g/mol. The number of hydrogen-bond acceptors (Lipinski definition) is 4. The molecule has 5 aromatic rings. The number of aromatic hydroxyl groups is 1. The molecule has 0 saturated heterocycles. The van der Waals surface area contributed by atoms with Crippen molar-refractivity contribution in [2.75, 3.05) is 7.11 Å². The largest absolute Gasteiger partial charge is 0.508 e. The Kier molecular flexibility index (Phi) is 6.59. The van der Waals surface area contributed by atoms with E-state index >= 15 is 0 Å². The van der Waals surface area contributed by atoms with Crippen molar-refractivity contribution in [2.45, 2.75) is 18.9 Å². The van der Waals surface area contributed by atoms with Gasteiger partial charge in [0.25, 0.3) is 0 Å². The molecule has 5 rings (SSSR count). The van der Waals surface area contributed by atoms with Gasteiger partial charge in [-0.15, -0.1) is 0 Å². The Labute approximate surface area is 211 Å². The topological polar surface area (TPSA) is 92.2 Å². The molecule has 0 aliphatic carbocycles. The Balaban J connectivity index is 1.46. The van der Waals surface area contributed by atoms with Crippen LogP contribution in [0.1, 0.15) is 23.0 Å². The van der Waals surface area contributed by atoms with Crippen molar-refractivity contribution < 1.29 is 23.4 Å². The number of rotatable bonds is 8. The second-order valence-corrected chi connectivity index (χ2v) is 8.68. The highest BCUT2D eigenvalue weighted by Gasteiger charge is 2.22. The summed E-state index contributed by atoms with van der Waals surface area (Å²) in [6, 6.07) is 14.8. The van der Waals surface area contributed by atoms with E-state index in [0.717, 1.165) is 22.7 Å². The number of amides is 1. The van der Waals surface area contributed by atoms with E-state index in [2.05, 4.69) is 15.3 Å². The van der Waals surface area contributed by atoms with E-state index in [-0.39, 0.29) is 24.5 Å². The zero-order chi connectivity index (χ0) is 25.9. The van der Waals surface area contributed by atoms with Gasteiger partial charge in [0, 0.05) is 47.7 Å². The number of halogens is 2. The number of ether oxygens (including phenoxy) is 1. The van der Waals surface area contributed by atoms with E-state index in [1.807, 2.05) is 16.7 Å². The molecule has 188 valence electrons. The molecule has 7 nitrogen and oxygen atoms in total. The van der Waals surface area contributed by atoms with Crippen LogP contribution in [0.3, 0.4) is 0 Å². The molecule has 9 heteroatoms. The average Bonchev–Trinajstić information content (AvgIpc) is 3.51. The summed E-state index contributed by atoms with van der Waals surface area (Å²) in [7, 11) is 1.58. The van der Waals surface area contributed by atoms with Crippen LogP contribution in [0.25, 0.3) is 16.6 Å². The molecular formula is C28H24F2N4O3. The Morgan fingerprint density at radius 2 is 1.86 bits per heavy atom. The minimum Gasteiger partial charge on any atom is -0.508 e. The quantitative estimate of drug-likeness (QED) is 0.279. The van der Waals surface area contributed by atoms with Gasteiger partial charge in [0.1, 0.15) is 29.0 Å². The molecule has 2 heterocycles. The van der Waals surface area contributed by atoms with E-state index in [4.69, 9.17) is 4.74 Å². The van der Waals surface area contributed by atoms with Crippen LogP contribution in [0.4, 0.5) is 8.78 Å². The first-order valence-electron chi connectivity index (χ1n) is 11.6. The van der Waals surface area contributed by atoms with Crippen molar-refractivity contribution in [1.82, 2.24) is 19.9 Å². The number of phenolic OH excluding ortho intramolecular Hbond substituents is 1. The predicted molar refractivity (Wildman–Crippen MR) is 135 cm³/mol. The fraction of sp³-hybridized carbons (Fsp3) is 0.143. The summed E-state index contributed by atoms with van der Waals surface area (Å²) in [6.07, 6.45) is 5.22. The van der Waals surface area contributed by atoms with Gasteiger partial charge in [-0.25, -0.2) is 13.8 Å². The molecule has 2 aromatic heterocycles. The number of methoxy groups -OCH3 is 1. The van der Waals surface area contributed by atoms with E-state index in [9.17, 15) is 18.7 Å². The molecule has 1 amide bonds. The maximum atomic E-state index is 13.9. The molecule has 0 radical (unpaired) electrons. The van der Waals surface area contributed by atoms with Crippen molar-refractivity contribution in [2.24, 2.45) is 0 Å². The first-order valence-corrected chi connectivity index (χ1v) is 11.6. The maximum absolute atomic E-state index is 13.9. The maximum Gasteiger partial charge on any atom is 0.225 e. The number of nitrogens with one attached hydrogen (secondary N) is 2. The molecule has 0 bridgehead atoms. The zero-order valence-corrected chi connectivity index (χ0v) is 19.9. The number of fused-ring (bicyclic) bond motifs is 1. The minimum atomic E-state index is -0.697. The van der Waals surface area contributed by atoms with Gasteiger partial charge in [-0.2, -0.15) is 0 Å². The van der Waals surface area contributed by atoms with E-state index in [0.29, 0.717) is 22.7 Å². The first kappa shape index (κ1) is 24.1. The third-order valence-electron chi connectivity index (χ3n) is 6.13. The summed E-state index contributed by atoms with van der Waals surface area (Å²) in [5, 5.41) is 13.6. The number of aromatic nitrogens is 3. The minimum absolute atomic E-state index is 0.0285. The van der Waals surface area contributed by atoms with E-state index in [1.54, 1.807) is 56.0 Å². The summed E-state index contributed by atoms with van der Waals surface area (Å²) in [5.41, 5.74) is 2.66. The number of phenols is 1. The third-order valence-corrected chi connectivity index (χ3v) is 6.13. The third kappa shape index (κ3) is 5.30. The van der Waals surface area contributed by atoms with Gasteiger partial charge in [0.15, 0.2) is 0 Å². The molecule has 0 spiro atoms. The van der Waals surface area contributed by atoms with Crippen LogP contribution in [0.15, 0.2) is 79.3 Å². The van der Waals surface area contributed by atoms with Crippen LogP contribution in [-0.4, -0.2) is 32.7 Å². The lowest BCUT2D eigenvalue weighted by Gasteiger charge is -2.20. The number of benzene rings is 3. The Bertz CT molecular complexity index is 1540. The van der Waals surface area contributed by atoms with Crippen molar-refractivity contribution >= 4 is 16.8 Å². The fourth-order valence-electron chi connectivity index (χ4n) is 4.44. The SMILES string of the molecule is COc1ccc(-n2ccnc2[C@H](Cc2cc(F)cc(F)c2)NC(=O)Cc2c[nH]c3ccc(O)cc23)cc1. The molecule has 0 aliphatic rings. The van der Waals surface area contributed by atoms with Gasteiger partial charge in [0.2, 0.25) is 5.91 Å². The van der Waals surface area contributed by atoms with Gasteiger partial charge in [-0.05, 0) is 65.7 Å². The number of H-pyrrole nitrogens is 1. The molecule has 3 aromatic carbocycles. The van der Waals surface area contributed by atoms with Gasteiger partial charge < -0.3 is 24.7 Å². The van der Waals surface area contributed by atoms with Crippen LogP contribution in [0.2, 0.25) is 0 Å². The van der Waals surface area contributed by atoms with Crippen molar-refractivity contribution in [3.05, 3.63) is 108 Å². The lowest BCUT2D eigenvalue weighted by molar-refractivity contribution is -0.121. The van der Waals surface area contributed by atoms with E-state index < -0.39 is 17.7 Å². The number of carbonyl (C=O) groups excluding carboxylic acids is 1. The summed E-state index contributed by atoms with van der Waals surface area (Å²) >= 11 is 0. The lowest BCUT2D eigenvalue weighted by atomic mass is 10.0. The highest BCUT2D eigenvalue weighted by Crippen LogP contribution is 2.26. The Hall–Kier alpha value is -4.66. The number of imidazole rings is 1. The van der Waals surface area contributed by atoms with Gasteiger partial charge in [-0.1, -0.05) is 0 Å². The Morgan fingerprint density at radius 1 is 1.11 bits per heavy atom. The smallest absolute Gasteiger partial charge is 0.225 e. The molecule has 0 fully saturated rings. The second kappa shape index (κ2) is 10.1. The molecule has 37 heavy (non-hydrogen) atoms.